The van der Waals surface area contributed by atoms with E-state index in [0.29, 0.717) is 17.2 Å². The number of nitrogens with zero attached hydrogens (tertiary/aromatic N) is 1. The Balaban J connectivity index is 1.33. The number of anilines is 1. The lowest BCUT2D eigenvalue weighted by Crippen LogP contribution is -2.17. The molecule has 0 fully saturated rings. The molecule has 2 aromatic carbocycles. The number of thiophene rings is 1. The smallest absolute Gasteiger partial charge is 0.341 e. The Morgan fingerprint density at radius 1 is 1.11 bits per heavy atom. The predicted octanol–water partition coefficient (Wildman–Crippen LogP) is 7.30. The van der Waals surface area contributed by atoms with Gasteiger partial charge in [-0.1, -0.05) is 46.3 Å². The van der Waals surface area contributed by atoms with E-state index < -0.39 is 0 Å². The van der Waals surface area contributed by atoms with Crippen LogP contribution in [0.25, 0.3) is 10.9 Å². The van der Waals surface area contributed by atoms with Crippen LogP contribution in [0.15, 0.2) is 64.1 Å². The molecule has 8 heteroatoms. The molecule has 5 rings (SSSR count). The van der Waals surface area contributed by atoms with Crippen LogP contribution in [0.5, 0.6) is 0 Å². The summed E-state index contributed by atoms with van der Waals surface area (Å²) in [4.78, 5) is 28.0. The van der Waals surface area contributed by atoms with E-state index in [1.54, 1.807) is 6.92 Å². The van der Waals surface area contributed by atoms with Crippen molar-refractivity contribution >= 4 is 66.8 Å². The van der Waals surface area contributed by atoms with Crippen molar-refractivity contribution < 1.29 is 14.3 Å². The number of hydrogen-bond acceptors (Lipinski definition) is 5. The zero-order valence-corrected chi connectivity index (χ0v) is 23.2. The van der Waals surface area contributed by atoms with Crippen LogP contribution in [0.2, 0.25) is 0 Å². The number of aryl methyl sites for hydroxylation is 1. The van der Waals surface area contributed by atoms with Gasteiger partial charge in [0.05, 0.1) is 17.9 Å². The zero-order valence-electron chi connectivity index (χ0n) is 20.0. The Morgan fingerprint density at radius 2 is 1.89 bits per heavy atom. The summed E-state index contributed by atoms with van der Waals surface area (Å²) in [7, 11) is 0. The molecule has 5 nitrogen and oxygen atoms in total. The number of halogens is 1. The van der Waals surface area contributed by atoms with Crippen molar-refractivity contribution in [1.82, 2.24) is 4.57 Å². The molecule has 1 N–H and O–H groups in total. The fourth-order valence-electron chi connectivity index (χ4n) is 4.62. The minimum absolute atomic E-state index is 0.117. The standard InChI is InChI=1S/C28H27BrN2O3S2/c1-2-34-28(33)26-21-8-4-6-10-23(21)36-27(26)30-25(32)17-35-24-16-31(22-9-5-3-7-20(22)24)15-18-11-13-19(29)14-12-18/h3,5,7,9,11-14,16H,2,4,6,8,10,15,17H2,1H3,(H,30,32). The van der Waals surface area contributed by atoms with Crippen LogP contribution in [-0.4, -0.2) is 28.8 Å². The number of ether oxygens (including phenoxy) is 1. The number of carbonyl (C=O) groups excluding carboxylic acids is 2. The van der Waals surface area contributed by atoms with E-state index >= 15 is 0 Å². The van der Waals surface area contributed by atoms with Crippen LogP contribution < -0.4 is 5.32 Å². The summed E-state index contributed by atoms with van der Waals surface area (Å²) in [6, 6.07) is 16.6. The van der Waals surface area contributed by atoms with Crippen molar-refractivity contribution in [2.24, 2.45) is 0 Å². The fraction of sp³-hybridized carbons (Fsp3) is 0.286. The Kier molecular flexibility index (Phi) is 7.84. The first-order valence-electron chi connectivity index (χ1n) is 12.1. The van der Waals surface area contributed by atoms with E-state index in [-0.39, 0.29) is 17.6 Å². The number of benzene rings is 2. The molecule has 0 bridgehead atoms. The first kappa shape index (κ1) is 25.1. The normalized spacial score (nSPS) is 12.9. The molecular weight excluding hydrogens is 556 g/mol. The SMILES string of the molecule is CCOC(=O)c1c(NC(=O)CSc2cn(Cc3ccc(Br)cc3)c3ccccc23)sc2c1CCCC2. The summed E-state index contributed by atoms with van der Waals surface area (Å²) in [6.45, 7) is 2.88. The third-order valence-corrected chi connectivity index (χ3v) is 9.06. The van der Waals surface area contributed by atoms with Gasteiger partial charge in [0.25, 0.3) is 0 Å². The summed E-state index contributed by atoms with van der Waals surface area (Å²) in [6.07, 6.45) is 6.11. The molecule has 0 spiro atoms. The van der Waals surface area contributed by atoms with Crippen molar-refractivity contribution in [2.45, 2.75) is 44.0 Å². The molecule has 0 saturated heterocycles. The van der Waals surface area contributed by atoms with Gasteiger partial charge in [0.2, 0.25) is 5.91 Å². The first-order chi connectivity index (χ1) is 17.5. The van der Waals surface area contributed by atoms with Gasteiger partial charge in [-0.25, -0.2) is 4.79 Å². The highest BCUT2D eigenvalue weighted by atomic mass is 79.9. The number of amides is 1. The molecule has 1 aliphatic rings. The monoisotopic (exact) mass is 582 g/mol. The van der Waals surface area contributed by atoms with Crippen molar-refractivity contribution in [3.05, 3.63) is 80.8 Å². The molecule has 36 heavy (non-hydrogen) atoms. The molecule has 186 valence electrons. The van der Waals surface area contributed by atoms with Crippen LogP contribution in [0, 0.1) is 0 Å². The number of carbonyl (C=O) groups is 2. The zero-order chi connectivity index (χ0) is 25.1. The average Bonchev–Trinajstić information content (AvgIpc) is 3.42. The second-order valence-electron chi connectivity index (χ2n) is 8.74. The third kappa shape index (κ3) is 5.41. The summed E-state index contributed by atoms with van der Waals surface area (Å²) in [5.74, 6) is -0.193. The van der Waals surface area contributed by atoms with E-state index in [1.165, 1.54) is 33.5 Å². The second kappa shape index (κ2) is 11.2. The predicted molar refractivity (Wildman–Crippen MR) is 151 cm³/mol. The summed E-state index contributed by atoms with van der Waals surface area (Å²) < 4.78 is 8.60. The lowest BCUT2D eigenvalue weighted by atomic mass is 9.95. The summed E-state index contributed by atoms with van der Waals surface area (Å²) >= 11 is 6.54. The van der Waals surface area contributed by atoms with Crippen molar-refractivity contribution in [3.63, 3.8) is 0 Å². The van der Waals surface area contributed by atoms with Gasteiger partial charge in [0.1, 0.15) is 5.00 Å². The maximum Gasteiger partial charge on any atom is 0.341 e. The molecule has 0 unspecified atom stereocenters. The number of aromatic nitrogens is 1. The van der Waals surface area contributed by atoms with E-state index in [0.717, 1.165) is 58.1 Å². The number of para-hydroxylation sites is 1. The van der Waals surface area contributed by atoms with Gasteiger partial charge in [-0.05, 0) is 61.9 Å². The molecule has 0 atom stereocenters. The Morgan fingerprint density at radius 3 is 2.69 bits per heavy atom. The number of hydrogen-bond donors (Lipinski definition) is 1. The van der Waals surface area contributed by atoms with Crippen LogP contribution in [0.3, 0.4) is 0 Å². The van der Waals surface area contributed by atoms with Crippen molar-refractivity contribution in [3.8, 4) is 0 Å². The second-order valence-corrected chi connectivity index (χ2v) is 11.8. The lowest BCUT2D eigenvalue weighted by Gasteiger charge is -2.12. The van der Waals surface area contributed by atoms with Gasteiger partial charge >= 0.3 is 5.97 Å². The Hall–Kier alpha value is -2.55. The molecule has 0 aliphatic heterocycles. The molecule has 2 aromatic heterocycles. The maximum absolute atomic E-state index is 13.0. The highest BCUT2D eigenvalue weighted by molar-refractivity contribution is 9.10. The van der Waals surface area contributed by atoms with Crippen molar-refractivity contribution in [1.29, 1.82) is 0 Å². The van der Waals surface area contributed by atoms with Gasteiger partial charge in [0, 0.05) is 37.9 Å². The van der Waals surface area contributed by atoms with E-state index in [1.807, 2.05) is 24.3 Å². The van der Waals surface area contributed by atoms with Crippen LogP contribution in [0.4, 0.5) is 5.00 Å². The largest absolute Gasteiger partial charge is 0.462 e. The minimum atomic E-state index is -0.337. The maximum atomic E-state index is 13.0. The van der Waals surface area contributed by atoms with Gasteiger partial charge in [0.15, 0.2) is 0 Å². The number of thioether (sulfide) groups is 1. The molecular formula is C28H27BrN2O3S2. The quantitative estimate of drug-likeness (QED) is 0.175. The van der Waals surface area contributed by atoms with Crippen LogP contribution >= 0.6 is 39.0 Å². The first-order valence-corrected chi connectivity index (χ1v) is 14.7. The van der Waals surface area contributed by atoms with E-state index in [4.69, 9.17) is 4.74 Å². The third-order valence-electron chi connectivity index (χ3n) is 6.28. The topological polar surface area (TPSA) is 60.3 Å². The number of fused-ring (bicyclic) bond motifs is 2. The highest BCUT2D eigenvalue weighted by Gasteiger charge is 2.27. The summed E-state index contributed by atoms with van der Waals surface area (Å²) in [5, 5.41) is 4.78. The van der Waals surface area contributed by atoms with Gasteiger partial charge < -0.3 is 14.6 Å². The molecule has 0 radical (unpaired) electrons. The molecule has 1 amide bonds. The van der Waals surface area contributed by atoms with Crippen LogP contribution in [0.1, 0.15) is 46.1 Å². The van der Waals surface area contributed by atoms with Crippen molar-refractivity contribution in [2.75, 3.05) is 17.7 Å². The number of rotatable bonds is 8. The van der Waals surface area contributed by atoms with E-state index in [2.05, 4.69) is 56.3 Å². The highest BCUT2D eigenvalue weighted by Crippen LogP contribution is 2.39. The average molecular weight is 584 g/mol. The van der Waals surface area contributed by atoms with Gasteiger partial charge in [-0.2, -0.15) is 0 Å². The van der Waals surface area contributed by atoms with Gasteiger partial charge in [-0.15, -0.1) is 23.1 Å². The molecule has 4 aromatic rings. The Labute approximate surface area is 227 Å². The number of nitrogens with one attached hydrogen (secondary N) is 1. The lowest BCUT2D eigenvalue weighted by molar-refractivity contribution is -0.113. The van der Waals surface area contributed by atoms with Gasteiger partial charge in [-0.3, -0.25) is 4.79 Å². The minimum Gasteiger partial charge on any atom is -0.462 e. The number of esters is 1. The summed E-state index contributed by atoms with van der Waals surface area (Å²) in [5.41, 5.74) is 3.96. The molecule has 0 saturated carbocycles. The fourth-order valence-corrected chi connectivity index (χ4v) is 7.07. The Bertz CT molecular complexity index is 1410. The van der Waals surface area contributed by atoms with Crippen LogP contribution in [-0.2, 0) is 28.9 Å². The van der Waals surface area contributed by atoms with E-state index in [9.17, 15) is 9.59 Å². The molecule has 1 aliphatic carbocycles. The molecule has 2 heterocycles.